The molecule has 1 aromatic rings. The van der Waals surface area contributed by atoms with Gasteiger partial charge in [-0.05, 0) is 58.2 Å². The molecule has 30 heavy (non-hydrogen) atoms. The van der Waals surface area contributed by atoms with Crippen LogP contribution in [0.25, 0.3) is 0 Å². The molecule has 3 rings (SSSR count). The normalized spacial score (nSPS) is 20.7. The summed E-state index contributed by atoms with van der Waals surface area (Å²) in [5.41, 5.74) is 2.69. The summed E-state index contributed by atoms with van der Waals surface area (Å²) in [4.78, 5) is 10.0. The molecule has 1 aromatic carbocycles. The molecule has 2 fully saturated rings. The first-order chi connectivity index (χ1) is 14.1. The van der Waals surface area contributed by atoms with E-state index in [9.17, 15) is 0 Å². The lowest BCUT2D eigenvalue weighted by Gasteiger charge is -2.24. The number of rotatable bonds is 8. The number of hydrogen-bond donors (Lipinski definition) is 2. The van der Waals surface area contributed by atoms with Crippen LogP contribution in [0, 0.1) is 0 Å². The van der Waals surface area contributed by atoms with E-state index in [1.165, 1.54) is 49.8 Å². The molecular weight excluding hydrogens is 485 g/mol. The number of benzene rings is 1. The van der Waals surface area contributed by atoms with Gasteiger partial charge in [0.15, 0.2) is 5.96 Å². The van der Waals surface area contributed by atoms with Crippen molar-refractivity contribution in [1.29, 1.82) is 0 Å². The summed E-state index contributed by atoms with van der Waals surface area (Å²) >= 11 is 0. The van der Waals surface area contributed by atoms with Gasteiger partial charge in [-0.3, -0.25) is 9.80 Å². The largest absolute Gasteiger partial charge is 0.357 e. The summed E-state index contributed by atoms with van der Waals surface area (Å²) in [5.74, 6) is 0.956. The number of aliphatic imine (C=N–C) groups is 1. The standard InChI is InChI=1S/C24H41N5.HI/c1-5-25-24(27-22-14-15-29(18-22)23-12-8-9-13-23)26-16-20-10-6-7-11-21(20)17-28(4)19(2)3;/h6-7,10-11,19,22-23H,5,8-9,12-18H2,1-4H3,(H2,25,26,27);1H. The molecule has 0 radical (unpaired) electrons. The first-order valence-corrected chi connectivity index (χ1v) is 11.6. The lowest BCUT2D eigenvalue weighted by Crippen LogP contribution is -2.45. The van der Waals surface area contributed by atoms with E-state index in [1.807, 2.05) is 0 Å². The van der Waals surface area contributed by atoms with Crippen molar-refractivity contribution in [3.8, 4) is 0 Å². The van der Waals surface area contributed by atoms with Gasteiger partial charge >= 0.3 is 0 Å². The Morgan fingerprint density at radius 2 is 1.87 bits per heavy atom. The summed E-state index contributed by atoms with van der Waals surface area (Å²) in [7, 11) is 2.19. The maximum Gasteiger partial charge on any atom is 0.191 e. The predicted octanol–water partition coefficient (Wildman–Crippen LogP) is 4.22. The van der Waals surface area contributed by atoms with Crippen molar-refractivity contribution in [3.05, 3.63) is 35.4 Å². The third-order valence-corrected chi connectivity index (χ3v) is 6.57. The topological polar surface area (TPSA) is 42.9 Å². The third-order valence-electron chi connectivity index (χ3n) is 6.57. The van der Waals surface area contributed by atoms with Gasteiger partial charge in [0.25, 0.3) is 0 Å². The fraction of sp³-hybridized carbons (Fsp3) is 0.708. The second-order valence-electron chi connectivity index (χ2n) is 9.04. The SMILES string of the molecule is CCNC(=NCc1ccccc1CN(C)C(C)C)NC1CCN(C2CCCC2)C1.I. The van der Waals surface area contributed by atoms with Gasteiger partial charge in [0.2, 0.25) is 0 Å². The van der Waals surface area contributed by atoms with Crippen molar-refractivity contribution in [3.63, 3.8) is 0 Å². The molecule has 1 atom stereocenters. The average molecular weight is 528 g/mol. The number of hydrogen-bond acceptors (Lipinski definition) is 3. The highest BCUT2D eigenvalue weighted by molar-refractivity contribution is 14.0. The van der Waals surface area contributed by atoms with Crippen LogP contribution < -0.4 is 10.6 Å². The molecule has 0 aromatic heterocycles. The molecule has 0 bridgehead atoms. The fourth-order valence-electron chi connectivity index (χ4n) is 4.50. The fourth-order valence-corrected chi connectivity index (χ4v) is 4.50. The van der Waals surface area contributed by atoms with Gasteiger partial charge in [-0.15, -0.1) is 24.0 Å². The first kappa shape index (κ1) is 25.4. The first-order valence-electron chi connectivity index (χ1n) is 11.6. The van der Waals surface area contributed by atoms with Crippen LogP contribution in [0.4, 0.5) is 0 Å². The molecule has 6 heteroatoms. The van der Waals surface area contributed by atoms with E-state index in [2.05, 4.69) is 72.5 Å². The van der Waals surface area contributed by atoms with E-state index in [1.54, 1.807) is 0 Å². The molecule has 0 amide bonds. The molecule has 1 saturated heterocycles. The van der Waals surface area contributed by atoms with Crippen LogP contribution in [0.1, 0.15) is 64.0 Å². The van der Waals surface area contributed by atoms with E-state index in [0.29, 0.717) is 12.1 Å². The Labute approximate surface area is 201 Å². The molecule has 2 N–H and O–H groups in total. The number of likely N-dealkylation sites (tertiary alicyclic amines) is 1. The van der Waals surface area contributed by atoms with Crippen molar-refractivity contribution >= 4 is 29.9 Å². The van der Waals surface area contributed by atoms with E-state index < -0.39 is 0 Å². The summed E-state index contributed by atoms with van der Waals surface area (Å²) < 4.78 is 0. The van der Waals surface area contributed by atoms with E-state index in [-0.39, 0.29) is 24.0 Å². The Kier molecular flexibility index (Phi) is 10.9. The molecule has 1 heterocycles. The molecule has 0 spiro atoms. The molecule has 170 valence electrons. The second-order valence-corrected chi connectivity index (χ2v) is 9.04. The van der Waals surface area contributed by atoms with Crippen LogP contribution >= 0.6 is 24.0 Å². The third kappa shape index (κ3) is 7.38. The van der Waals surface area contributed by atoms with Gasteiger partial charge in [-0.1, -0.05) is 37.1 Å². The molecule has 2 aliphatic rings. The minimum atomic E-state index is 0. The summed E-state index contributed by atoms with van der Waals surface area (Å²) in [6, 6.07) is 10.6. The Morgan fingerprint density at radius 3 is 2.53 bits per heavy atom. The van der Waals surface area contributed by atoms with Crippen molar-refractivity contribution in [1.82, 2.24) is 20.4 Å². The van der Waals surface area contributed by atoms with Crippen LogP contribution in [0.5, 0.6) is 0 Å². The van der Waals surface area contributed by atoms with Crippen molar-refractivity contribution < 1.29 is 0 Å². The Balaban J connectivity index is 0.00000320. The number of nitrogens with one attached hydrogen (secondary N) is 2. The highest BCUT2D eigenvalue weighted by atomic mass is 127. The Morgan fingerprint density at radius 1 is 1.17 bits per heavy atom. The highest BCUT2D eigenvalue weighted by Crippen LogP contribution is 2.26. The van der Waals surface area contributed by atoms with Crippen molar-refractivity contribution in [2.24, 2.45) is 4.99 Å². The smallest absolute Gasteiger partial charge is 0.191 e. The van der Waals surface area contributed by atoms with E-state index in [4.69, 9.17) is 4.99 Å². The van der Waals surface area contributed by atoms with Gasteiger partial charge in [0, 0.05) is 44.3 Å². The lowest BCUT2D eigenvalue weighted by atomic mass is 10.1. The minimum absolute atomic E-state index is 0. The zero-order valence-electron chi connectivity index (χ0n) is 19.4. The number of halogens is 1. The average Bonchev–Trinajstić information content (AvgIpc) is 3.39. The van der Waals surface area contributed by atoms with Gasteiger partial charge in [0.05, 0.1) is 6.54 Å². The van der Waals surface area contributed by atoms with Crippen molar-refractivity contribution in [2.75, 3.05) is 26.7 Å². The van der Waals surface area contributed by atoms with Gasteiger partial charge in [-0.25, -0.2) is 4.99 Å². The number of guanidine groups is 1. The van der Waals surface area contributed by atoms with Crippen molar-refractivity contribution in [2.45, 2.75) is 84.1 Å². The molecule has 5 nitrogen and oxygen atoms in total. The second kappa shape index (κ2) is 12.9. The summed E-state index contributed by atoms with van der Waals surface area (Å²) in [5, 5.41) is 7.16. The van der Waals surface area contributed by atoms with Crippen LogP contribution in [-0.2, 0) is 13.1 Å². The van der Waals surface area contributed by atoms with Crippen LogP contribution in [0.3, 0.4) is 0 Å². The van der Waals surface area contributed by atoms with Crippen LogP contribution in [-0.4, -0.2) is 60.6 Å². The van der Waals surface area contributed by atoms with Gasteiger partial charge < -0.3 is 10.6 Å². The van der Waals surface area contributed by atoms with E-state index >= 15 is 0 Å². The quantitative estimate of drug-likeness (QED) is 0.302. The minimum Gasteiger partial charge on any atom is -0.357 e. The zero-order chi connectivity index (χ0) is 20.6. The molecule has 1 aliphatic heterocycles. The molecular formula is C24H42IN5. The van der Waals surface area contributed by atoms with Gasteiger partial charge in [0.1, 0.15) is 0 Å². The predicted molar refractivity (Wildman–Crippen MR) is 139 cm³/mol. The highest BCUT2D eigenvalue weighted by Gasteiger charge is 2.30. The lowest BCUT2D eigenvalue weighted by molar-refractivity contribution is 0.242. The maximum atomic E-state index is 4.94. The van der Waals surface area contributed by atoms with Gasteiger partial charge in [-0.2, -0.15) is 0 Å². The molecule has 1 aliphatic carbocycles. The monoisotopic (exact) mass is 527 g/mol. The summed E-state index contributed by atoms with van der Waals surface area (Å²) in [6.07, 6.45) is 6.82. The molecule has 1 saturated carbocycles. The zero-order valence-corrected chi connectivity index (χ0v) is 21.7. The summed E-state index contributed by atoms with van der Waals surface area (Å²) in [6.45, 7) is 11.6. The van der Waals surface area contributed by atoms with Crippen LogP contribution in [0.15, 0.2) is 29.3 Å². The van der Waals surface area contributed by atoms with E-state index in [0.717, 1.165) is 38.2 Å². The Hall–Kier alpha value is -0.860. The maximum absolute atomic E-state index is 4.94. The number of nitrogens with zero attached hydrogens (tertiary/aromatic N) is 3. The van der Waals surface area contributed by atoms with Crippen LogP contribution in [0.2, 0.25) is 0 Å². The molecule has 1 unspecified atom stereocenters. The Bertz CT molecular complexity index is 657.